The molecule has 3 aliphatic heterocycles. The van der Waals surface area contributed by atoms with E-state index in [0.29, 0.717) is 34.7 Å². The van der Waals surface area contributed by atoms with E-state index in [1.807, 2.05) is 13.8 Å². The second-order valence-electron chi connectivity index (χ2n) is 10.4. The van der Waals surface area contributed by atoms with Gasteiger partial charge in [0.15, 0.2) is 0 Å². The first-order chi connectivity index (χ1) is 16.1. The molecule has 2 bridgehead atoms. The van der Waals surface area contributed by atoms with Crippen LogP contribution in [0.25, 0.3) is 0 Å². The van der Waals surface area contributed by atoms with E-state index in [2.05, 4.69) is 14.1 Å². The molecule has 3 unspecified atom stereocenters. The number of ether oxygens (including phenoxy) is 4. The van der Waals surface area contributed by atoms with E-state index < -0.39 is 11.6 Å². The second kappa shape index (κ2) is 7.97. The molecule has 34 heavy (non-hydrogen) atoms. The molecule has 7 heteroatoms. The minimum atomic E-state index is -1.96. The van der Waals surface area contributed by atoms with Crippen LogP contribution in [0, 0.1) is 13.8 Å². The Morgan fingerprint density at radius 1 is 0.941 bits per heavy atom. The predicted molar refractivity (Wildman–Crippen MR) is 126 cm³/mol. The van der Waals surface area contributed by atoms with Crippen LogP contribution in [0.2, 0.25) is 0 Å². The molecule has 3 saturated heterocycles. The number of carbonyl (C=O) groups excluding carboxylic acids is 1. The molecule has 1 N–H and O–H groups in total. The minimum Gasteiger partial charge on any atom is -0.496 e. The van der Waals surface area contributed by atoms with E-state index in [0.717, 1.165) is 28.5 Å². The average molecular weight is 469 g/mol. The number of benzene rings is 2. The summed E-state index contributed by atoms with van der Waals surface area (Å²) in [6.07, 6.45) is 1.73. The monoisotopic (exact) mass is 468 g/mol. The van der Waals surface area contributed by atoms with Crippen LogP contribution in [-0.2, 0) is 19.9 Å². The molecule has 2 aromatic rings. The minimum absolute atomic E-state index is 0.254. The number of aliphatic hydroxyl groups is 1. The topological polar surface area (TPSA) is 77.5 Å². The van der Waals surface area contributed by atoms with Crippen LogP contribution in [0.15, 0.2) is 36.4 Å². The molecule has 5 atom stereocenters. The highest BCUT2D eigenvalue weighted by molar-refractivity contribution is 5.86. The van der Waals surface area contributed by atoms with Crippen LogP contribution < -0.4 is 9.47 Å². The molecule has 7 nitrogen and oxygen atoms in total. The van der Waals surface area contributed by atoms with E-state index in [-0.39, 0.29) is 18.3 Å². The number of fused-ring (bicyclic) bond motifs is 5. The van der Waals surface area contributed by atoms with Crippen molar-refractivity contribution >= 4 is 5.97 Å². The maximum atomic E-state index is 13.8. The molecular formula is C27H34NO6+. The van der Waals surface area contributed by atoms with Gasteiger partial charge in [0.05, 0.1) is 28.3 Å². The van der Waals surface area contributed by atoms with Crippen LogP contribution >= 0.6 is 0 Å². The standard InChI is InChI=1S/C27H34NO6/c1-15-11-17(7-9-22(15)31-5)27(30,18-8-10-23(32-6)16(2)12-18)26(29)33-19-13-20-24-25(34-24)21(14-19)28(20,3)4/h7-12,19-21,24-25,30H,13-14H2,1-6H3/q+1/t19?,20-,21?,24+,25?/m0/s1. The average Bonchev–Trinajstić information content (AvgIpc) is 3.57. The number of nitrogens with zero attached hydrogens (tertiary/aromatic N) is 1. The highest BCUT2D eigenvalue weighted by atomic mass is 16.6. The van der Waals surface area contributed by atoms with Crippen molar-refractivity contribution in [2.24, 2.45) is 0 Å². The summed E-state index contributed by atoms with van der Waals surface area (Å²) in [5.74, 6) is 0.717. The zero-order chi connectivity index (χ0) is 24.4. The van der Waals surface area contributed by atoms with E-state index in [4.69, 9.17) is 18.9 Å². The number of quaternary nitrogens is 1. The summed E-state index contributed by atoms with van der Waals surface area (Å²) in [4.78, 5) is 13.8. The molecule has 0 amide bonds. The van der Waals surface area contributed by atoms with Crippen molar-refractivity contribution in [2.45, 2.75) is 62.7 Å². The molecule has 0 saturated carbocycles. The molecule has 2 aromatic carbocycles. The zero-order valence-electron chi connectivity index (χ0n) is 20.7. The normalized spacial score (nSPS) is 28.7. The third-order valence-electron chi connectivity index (χ3n) is 8.23. The van der Waals surface area contributed by atoms with E-state index in [1.165, 1.54) is 0 Å². The second-order valence-corrected chi connectivity index (χ2v) is 10.4. The molecule has 0 aliphatic carbocycles. The van der Waals surface area contributed by atoms with Crippen LogP contribution in [-0.4, -0.2) is 74.3 Å². The third-order valence-corrected chi connectivity index (χ3v) is 8.23. The van der Waals surface area contributed by atoms with Gasteiger partial charge in [0.1, 0.15) is 41.9 Å². The molecule has 3 aliphatic rings. The van der Waals surface area contributed by atoms with Crippen molar-refractivity contribution in [1.29, 1.82) is 0 Å². The van der Waals surface area contributed by atoms with Crippen LogP contribution in [0.4, 0.5) is 0 Å². The van der Waals surface area contributed by atoms with Gasteiger partial charge in [0.25, 0.3) is 0 Å². The molecule has 0 aromatic heterocycles. The number of hydrogen-bond acceptors (Lipinski definition) is 6. The Labute approximate surface area is 200 Å². The van der Waals surface area contributed by atoms with Crippen molar-refractivity contribution in [3.8, 4) is 11.5 Å². The van der Waals surface area contributed by atoms with E-state index in [1.54, 1.807) is 50.6 Å². The Morgan fingerprint density at radius 3 is 1.82 bits per heavy atom. The van der Waals surface area contributed by atoms with Crippen LogP contribution in [0.5, 0.6) is 11.5 Å². The number of piperidine rings is 1. The molecule has 0 radical (unpaired) electrons. The van der Waals surface area contributed by atoms with Gasteiger partial charge < -0.3 is 28.5 Å². The fourth-order valence-corrected chi connectivity index (χ4v) is 6.15. The number of aryl methyl sites for hydroxylation is 2. The molecule has 5 rings (SSSR count). The SMILES string of the molecule is COc1ccc(C(O)(C(=O)OC2CC3C4O[C@@H]4[C@H](C2)[N+]3(C)C)c2ccc(OC)c(C)c2)cc1C. The number of morpholine rings is 1. The van der Waals surface area contributed by atoms with Gasteiger partial charge in [-0.25, -0.2) is 4.79 Å². The molecular weight excluding hydrogens is 434 g/mol. The summed E-state index contributed by atoms with van der Waals surface area (Å²) in [6.45, 7) is 3.77. The van der Waals surface area contributed by atoms with Gasteiger partial charge >= 0.3 is 5.97 Å². The van der Waals surface area contributed by atoms with Crippen molar-refractivity contribution in [2.75, 3.05) is 28.3 Å². The fourth-order valence-electron chi connectivity index (χ4n) is 6.15. The maximum Gasteiger partial charge on any atom is 0.347 e. The Kier molecular flexibility index (Phi) is 5.43. The highest BCUT2D eigenvalue weighted by Crippen LogP contribution is 2.52. The first kappa shape index (κ1) is 23.1. The van der Waals surface area contributed by atoms with Gasteiger partial charge in [-0.05, 0) is 60.4 Å². The summed E-state index contributed by atoms with van der Waals surface area (Å²) in [5, 5.41) is 12.1. The molecule has 3 heterocycles. The van der Waals surface area contributed by atoms with Gasteiger partial charge in [0, 0.05) is 12.8 Å². The van der Waals surface area contributed by atoms with Crippen molar-refractivity contribution < 1.29 is 33.3 Å². The summed E-state index contributed by atoms with van der Waals surface area (Å²) in [7, 11) is 7.67. The summed E-state index contributed by atoms with van der Waals surface area (Å²) in [6, 6.07) is 11.2. The Bertz CT molecular complexity index is 1050. The van der Waals surface area contributed by atoms with Gasteiger partial charge in [0.2, 0.25) is 5.60 Å². The lowest BCUT2D eigenvalue weighted by atomic mass is 9.84. The number of likely N-dealkylation sites (N-methyl/N-ethyl adjacent to an activating group) is 1. The summed E-state index contributed by atoms with van der Waals surface area (Å²) in [5.41, 5.74) is 0.573. The van der Waals surface area contributed by atoms with Gasteiger partial charge in [-0.15, -0.1) is 0 Å². The predicted octanol–water partition coefficient (Wildman–Crippen LogP) is 2.86. The van der Waals surface area contributed by atoms with Crippen molar-refractivity contribution in [3.63, 3.8) is 0 Å². The lowest BCUT2D eigenvalue weighted by Crippen LogP contribution is -2.60. The maximum absolute atomic E-state index is 13.8. The smallest absolute Gasteiger partial charge is 0.347 e. The van der Waals surface area contributed by atoms with Crippen molar-refractivity contribution in [3.05, 3.63) is 58.7 Å². The highest BCUT2D eigenvalue weighted by Gasteiger charge is 2.71. The fraction of sp³-hybridized carbons (Fsp3) is 0.519. The van der Waals surface area contributed by atoms with E-state index in [9.17, 15) is 9.90 Å². The largest absolute Gasteiger partial charge is 0.496 e. The summed E-state index contributed by atoms with van der Waals surface area (Å²) < 4.78 is 23.6. The molecule has 182 valence electrons. The quantitative estimate of drug-likeness (QED) is 0.399. The van der Waals surface area contributed by atoms with Crippen LogP contribution in [0.1, 0.15) is 35.1 Å². The first-order valence-corrected chi connectivity index (χ1v) is 11.8. The van der Waals surface area contributed by atoms with Gasteiger partial charge in [-0.2, -0.15) is 0 Å². The van der Waals surface area contributed by atoms with Gasteiger partial charge in [-0.3, -0.25) is 0 Å². The van der Waals surface area contributed by atoms with Crippen molar-refractivity contribution in [1.82, 2.24) is 0 Å². The Morgan fingerprint density at radius 2 is 1.41 bits per heavy atom. The first-order valence-electron chi connectivity index (χ1n) is 11.8. The Balaban J connectivity index is 1.49. The van der Waals surface area contributed by atoms with E-state index >= 15 is 0 Å². The zero-order valence-corrected chi connectivity index (χ0v) is 20.7. The third kappa shape index (κ3) is 3.41. The van der Waals surface area contributed by atoms with Crippen LogP contribution in [0.3, 0.4) is 0 Å². The lowest BCUT2D eigenvalue weighted by molar-refractivity contribution is -0.938. The Hall–Kier alpha value is -2.61. The number of hydrogen-bond donors (Lipinski definition) is 1. The number of carbonyl (C=O) groups is 1. The number of epoxide rings is 1. The summed E-state index contributed by atoms with van der Waals surface area (Å²) >= 11 is 0. The molecule has 0 spiro atoms. The lowest BCUT2D eigenvalue weighted by Gasteiger charge is -2.45. The number of esters is 1. The number of rotatable bonds is 6. The number of methoxy groups -OCH3 is 2. The van der Waals surface area contributed by atoms with Gasteiger partial charge in [-0.1, -0.05) is 12.1 Å². The molecule has 3 fully saturated rings.